The van der Waals surface area contributed by atoms with Crippen LogP contribution in [0.5, 0.6) is 0 Å². The van der Waals surface area contributed by atoms with Gasteiger partial charge in [-0.05, 0) is 37.0 Å². The molecule has 1 aliphatic carbocycles. The van der Waals surface area contributed by atoms with Crippen molar-refractivity contribution in [3.05, 3.63) is 28.2 Å². The Morgan fingerprint density at radius 1 is 1.32 bits per heavy atom. The highest BCUT2D eigenvalue weighted by Gasteiger charge is 2.29. The zero-order chi connectivity index (χ0) is 20.1. The summed E-state index contributed by atoms with van der Waals surface area (Å²) in [5.74, 6) is 0.0666. The highest BCUT2D eigenvalue weighted by Crippen LogP contribution is 2.28. The van der Waals surface area contributed by atoms with Gasteiger partial charge in [0.15, 0.2) is 0 Å². The Bertz CT molecular complexity index is 835. The summed E-state index contributed by atoms with van der Waals surface area (Å²) in [6, 6.07) is 4.80. The van der Waals surface area contributed by atoms with E-state index in [-0.39, 0.29) is 17.9 Å². The predicted molar refractivity (Wildman–Crippen MR) is 113 cm³/mol. The average molecular weight is 423 g/mol. The molecule has 2 aromatic rings. The quantitative estimate of drug-likeness (QED) is 0.609. The van der Waals surface area contributed by atoms with Crippen molar-refractivity contribution in [2.45, 2.75) is 57.5 Å². The Morgan fingerprint density at radius 3 is 2.75 bits per heavy atom. The lowest BCUT2D eigenvalue weighted by Crippen LogP contribution is -2.53. The van der Waals surface area contributed by atoms with Crippen LogP contribution in [0.2, 0.25) is 5.02 Å². The summed E-state index contributed by atoms with van der Waals surface area (Å²) in [4.78, 5) is 29.6. The SMILES string of the molecule is CCC(=O)NC(Cc1nc2ccc(Cl)cc2s1)C(=O)NC(CN)C1CCCC1. The Hall–Kier alpha value is -1.70. The predicted octanol–water partition coefficient (Wildman–Crippen LogP) is 3.02. The number of benzene rings is 1. The van der Waals surface area contributed by atoms with Gasteiger partial charge in [-0.2, -0.15) is 0 Å². The second kappa shape index (κ2) is 9.67. The molecule has 152 valence electrons. The molecule has 1 fully saturated rings. The number of halogens is 1. The second-order valence-corrected chi connectivity index (χ2v) is 8.84. The lowest BCUT2D eigenvalue weighted by atomic mass is 9.97. The van der Waals surface area contributed by atoms with E-state index in [0.29, 0.717) is 30.3 Å². The van der Waals surface area contributed by atoms with Gasteiger partial charge < -0.3 is 16.4 Å². The third-order valence-electron chi connectivity index (χ3n) is 5.30. The number of hydrogen-bond acceptors (Lipinski definition) is 5. The molecule has 1 aromatic carbocycles. The third-order valence-corrected chi connectivity index (χ3v) is 6.57. The first-order chi connectivity index (χ1) is 13.5. The van der Waals surface area contributed by atoms with Gasteiger partial charge >= 0.3 is 0 Å². The van der Waals surface area contributed by atoms with Crippen molar-refractivity contribution in [1.82, 2.24) is 15.6 Å². The van der Waals surface area contributed by atoms with Gasteiger partial charge in [0.25, 0.3) is 0 Å². The summed E-state index contributed by atoms with van der Waals surface area (Å²) in [5.41, 5.74) is 6.76. The third kappa shape index (κ3) is 5.21. The van der Waals surface area contributed by atoms with E-state index in [0.717, 1.165) is 28.1 Å². The molecule has 1 heterocycles. The highest BCUT2D eigenvalue weighted by molar-refractivity contribution is 7.18. The maximum absolute atomic E-state index is 13.0. The molecule has 0 aliphatic heterocycles. The molecular formula is C20H27ClN4O2S. The summed E-state index contributed by atoms with van der Waals surface area (Å²) in [5, 5.41) is 7.36. The summed E-state index contributed by atoms with van der Waals surface area (Å²) < 4.78 is 0.967. The van der Waals surface area contributed by atoms with Gasteiger partial charge in [0.1, 0.15) is 6.04 Å². The van der Waals surface area contributed by atoms with E-state index < -0.39 is 6.04 Å². The number of nitrogens with one attached hydrogen (secondary N) is 2. The molecule has 1 saturated carbocycles. The number of nitrogens with two attached hydrogens (primary N) is 1. The van der Waals surface area contributed by atoms with Crippen molar-refractivity contribution >= 4 is 45.0 Å². The zero-order valence-corrected chi connectivity index (χ0v) is 17.6. The van der Waals surface area contributed by atoms with Gasteiger partial charge in [-0.15, -0.1) is 11.3 Å². The molecule has 0 saturated heterocycles. The second-order valence-electron chi connectivity index (χ2n) is 7.29. The fourth-order valence-electron chi connectivity index (χ4n) is 3.73. The van der Waals surface area contributed by atoms with Gasteiger partial charge in [-0.3, -0.25) is 9.59 Å². The van der Waals surface area contributed by atoms with Gasteiger partial charge in [-0.1, -0.05) is 31.4 Å². The van der Waals surface area contributed by atoms with Crippen molar-refractivity contribution < 1.29 is 9.59 Å². The minimum Gasteiger partial charge on any atom is -0.350 e. The summed E-state index contributed by atoms with van der Waals surface area (Å²) in [7, 11) is 0. The van der Waals surface area contributed by atoms with Crippen molar-refractivity contribution in [1.29, 1.82) is 0 Å². The topological polar surface area (TPSA) is 97.1 Å². The van der Waals surface area contributed by atoms with E-state index in [1.807, 2.05) is 12.1 Å². The highest BCUT2D eigenvalue weighted by atomic mass is 35.5. The van der Waals surface area contributed by atoms with E-state index in [1.165, 1.54) is 24.2 Å². The minimum absolute atomic E-state index is 0.0507. The molecule has 6 nitrogen and oxygen atoms in total. The van der Waals surface area contributed by atoms with E-state index >= 15 is 0 Å². The number of rotatable bonds is 8. The van der Waals surface area contributed by atoms with Crippen molar-refractivity contribution in [2.75, 3.05) is 6.54 Å². The zero-order valence-electron chi connectivity index (χ0n) is 16.0. The molecule has 4 N–H and O–H groups in total. The fraction of sp³-hybridized carbons (Fsp3) is 0.550. The average Bonchev–Trinajstić information content (AvgIpc) is 3.34. The number of nitrogens with zero attached hydrogens (tertiary/aromatic N) is 1. The summed E-state index contributed by atoms with van der Waals surface area (Å²) in [6.45, 7) is 2.18. The maximum Gasteiger partial charge on any atom is 0.243 e. The van der Waals surface area contributed by atoms with E-state index in [1.54, 1.807) is 13.0 Å². The molecule has 8 heteroatoms. The first-order valence-corrected chi connectivity index (χ1v) is 11.0. The monoisotopic (exact) mass is 422 g/mol. The van der Waals surface area contributed by atoms with Crippen molar-refractivity contribution in [3.63, 3.8) is 0 Å². The van der Waals surface area contributed by atoms with Crippen LogP contribution in [-0.2, 0) is 16.0 Å². The smallest absolute Gasteiger partial charge is 0.243 e. The lowest BCUT2D eigenvalue weighted by molar-refractivity contribution is -0.129. The number of carbonyl (C=O) groups is 2. The molecule has 3 rings (SSSR count). The molecule has 1 aliphatic rings. The number of aromatic nitrogens is 1. The Kier molecular flexibility index (Phi) is 7.26. The number of carbonyl (C=O) groups excluding carboxylic acids is 2. The fourth-order valence-corrected chi connectivity index (χ4v) is 5.01. The molecule has 2 unspecified atom stereocenters. The molecule has 2 atom stereocenters. The molecule has 1 aromatic heterocycles. The number of hydrogen-bond donors (Lipinski definition) is 3. The first-order valence-electron chi connectivity index (χ1n) is 9.85. The standard InChI is InChI=1S/C20H27ClN4O2S/c1-2-18(26)23-15(20(27)25-16(11-22)12-5-3-4-6-12)10-19-24-14-8-7-13(21)9-17(14)28-19/h7-9,12,15-16H,2-6,10-11,22H2,1H3,(H,23,26)(H,25,27). The maximum atomic E-state index is 13.0. The van der Waals surface area contributed by atoms with Gasteiger partial charge in [-0.25, -0.2) is 4.98 Å². The molecule has 28 heavy (non-hydrogen) atoms. The van der Waals surface area contributed by atoms with Crippen LogP contribution in [0.15, 0.2) is 18.2 Å². The van der Waals surface area contributed by atoms with Gasteiger partial charge in [0.05, 0.1) is 15.2 Å². The molecular weight excluding hydrogens is 396 g/mol. The Labute approximate surface area is 174 Å². The van der Waals surface area contributed by atoms with Crippen LogP contribution < -0.4 is 16.4 Å². The van der Waals surface area contributed by atoms with Crippen LogP contribution in [0.25, 0.3) is 10.2 Å². The van der Waals surface area contributed by atoms with Crippen LogP contribution in [0.3, 0.4) is 0 Å². The number of fused-ring (bicyclic) bond motifs is 1. The molecule has 2 amide bonds. The van der Waals surface area contributed by atoms with Crippen LogP contribution in [0.4, 0.5) is 0 Å². The van der Waals surface area contributed by atoms with Crippen LogP contribution in [0, 0.1) is 5.92 Å². The summed E-state index contributed by atoms with van der Waals surface area (Å²) >= 11 is 7.54. The van der Waals surface area contributed by atoms with Gasteiger partial charge in [0, 0.05) is 30.5 Å². The molecule has 0 bridgehead atoms. The van der Waals surface area contributed by atoms with Crippen LogP contribution >= 0.6 is 22.9 Å². The Balaban J connectivity index is 1.74. The minimum atomic E-state index is -0.668. The number of amides is 2. The Morgan fingerprint density at radius 2 is 2.07 bits per heavy atom. The van der Waals surface area contributed by atoms with Crippen molar-refractivity contribution in [3.8, 4) is 0 Å². The van der Waals surface area contributed by atoms with E-state index in [9.17, 15) is 9.59 Å². The van der Waals surface area contributed by atoms with Gasteiger partial charge in [0.2, 0.25) is 11.8 Å². The number of thiazole rings is 1. The van der Waals surface area contributed by atoms with Crippen molar-refractivity contribution in [2.24, 2.45) is 11.7 Å². The normalized spacial score (nSPS) is 16.8. The van der Waals surface area contributed by atoms with Crippen LogP contribution in [0.1, 0.15) is 44.0 Å². The van der Waals surface area contributed by atoms with Crippen LogP contribution in [-0.4, -0.2) is 35.4 Å². The van der Waals surface area contributed by atoms with E-state index in [4.69, 9.17) is 17.3 Å². The molecule has 0 radical (unpaired) electrons. The summed E-state index contributed by atoms with van der Waals surface area (Å²) in [6.07, 6.45) is 5.21. The largest absolute Gasteiger partial charge is 0.350 e. The first kappa shape index (κ1) is 21.0. The molecule has 0 spiro atoms. The van der Waals surface area contributed by atoms with E-state index in [2.05, 4.69) is 15.6 Å². The lowest BCUT2D eigenvalue weighted by Gasteiger charge is -2.26.